The molecule has 0 unspecified atom stereocenters. The van der Waals surface area contributed by atoms with Crippen molar-refractivity contribution in [3.8, 4) is 0 Å². The maximum Gasteiger partial charge on any atom is 0.156 e. The Bertz CT molecular complexity index is 142. The lowest BCUT2D eigenvalue weighted by Crippen LogP contribution is -2.12. The molecular formula is C12H24O3. The van der Waals surface area contributed by atoms with Crippen molar-refractivity contribution in [1.82, 2.24) is 0 Å². The van der Waals surface area contributed by atoms with Gasteiger partial charge in [-0.25, -0.2) is 0 Å². The first-order chi connectivity index (χ1) is 7.35. The smallest absolute Gasteiger partial charge is 0.156 e. The molecular weight excluding hydrogens is 192 g/mol. The Morgan fingerprint density at radius 3 is 2.27 bits per heavy atom. The van der Waals surface area contributed by atoms with E-state index < -0.39 is 0 Å². The van der Waals surface area contributed by atoms with Crippen molar-refractivity contribution in [2.24, 2.45) is 0 Å². The van der Waals surface area contributed by atoms with Crippen LogP contribution in [0.25, 0.3) is 0 Å². The van der Waals surface area contributed by atoms with Gasteiger partial charge in [0.15, 0.2) is 6.29 Å². The second-order valence-electron chi connectivity index (χ2n) is 3.52. The van der Waals surface area contributed by atoms with Gasteiger partial charge in [-0.15, -0.1) is 0 Å². The van der Waals surface area contributed by atoms with E-state index in [9.17, 15) is 0 Å². The van der Waals surface area contributed by atoms with Gasteiger partial charge >= 0.3 is 0 Å². The molecule has 3 nitrogen and oxygen atoms in total. The lowest BCUT2D eigenvalue weighted by Gasteiger charge is -2.12. The first kappa shape index (κ1) is 14.6. The molecule has 1 N–H and O–H groups in total. The van der Waals surface area contributed by atoms with Crippen LogP contribution in [-0.2, 0) is 9.47 Å². The lowest BCUT2D eigenvalue weighted by molar-refractivity contribution is -0.107. The van der Waals surface area contributed by atoms with E-state index in [1.54, 1.807) is 14.2 Å². The van der Waals surface area contributed by atoms with E-state index in [2.05, 4.69) is 6.08 Å². The van der Waals surface area contributed by atoms with E-state index in [0.717, 1.165) is 25.7 Å². The summed E-state index contributed by atoms with van der Waals surface area (Å²) in [6.07, 6.45) is 10.5. The zero-order valence-corrected chi connectivity index (χ0v) is 9.95. The van der Waals surface area contributed by atoms with E-state index in [1.165, 1.54) is 12.8 Å². The molecule has 0 aromatic heterocycles. The Kier molecular flexibility index (Phi) is 11.4. The third-order valence-corrected chi connectivity index (χ3v) is 2.30. The number of unbranched alkanes of at least 4 members (excludes halogenated alkanes) is 3. The minimum Gasteiger partial charge on any atom is -0.396 e. The van der Waals surface area contributed by atoms with Crippen LogP contribution in [0.4, 0.5) is 0 Å². The van der Waals surface area contributed by atoms with E-state index in [4.69, 9.17) is 14.6 Å². The molecule has 90 valence electrons. The highest BCUT2D eigenvalue weighted by molar-refractivity contribution is 4.80. The van der Waals surface area contributed by atoms with Crippen LogP contribution in [-0.4, -0.2) is 32.2 Å². The molecule has 3 heteroatoms. The monoisotopic (exact) mass is 216 g/mol. The molecule has 0 amide bonds. The van der Waals surface area contributed by atoms with Crippen molar-refractivity contribution in [1.29, 1.82) is 0 Å². The molecule has 0 aliphatic heterocycles. The van der Waals surface area contributed by atoms with Crippen LogP contribution in [0.15, 0.2) is 12.2 Å². The molecule has 0 bridgehead atoms. The van der Waals surface area contributed by atoms with Gasteiger partial charge < -0.3 is 14.6 Å². The van der Waals surface area contributed by atoms with E-state index in [1.807, 2.05) is 6.08 Å². The third-order valence-electron chi connectivity index (χ3n) is 2.30. The summed E-state index contributed by atoms with van der Waals surface area (Å²) in [6.45, 7) is 0.250. The van der Waals surface area contributed by atoms with Crippen molar-refractivity contribution >= 4 is 0 Å². The van der Waals surface area contributed by atoms with Gasteiger partial charge in [-0.05, 0) is 32.1 Å². The van der Waals surface area contributed by atoms with Gasteiger partial charge in [0.2, 0.25) is 0 Å². The van der Waals surface area contributed by atoms with E-state index in [0.29, 0.717) is 0 Å². The van der Waals surface area contributed by atoms with Gasteiger partial charge in [-0.1, -0.05) is 18.6 Å². The Hall–Kier alpha value is -0.380. The van der Waals surface area contributed by atoms with Gasteiger partial charge in [0.05, 0.1) is 0 Å². The van der Waals surface area contributed by atoms with E-state index >= 15 is 0 Å². The number of hydrogen-bond acceptors (Lipinski definition) is 3. The molecule has 0 aliphatic carbocycles. The summed E-state index contributed by atoms with van der Waals surface area (Å²) in [6, 6.07) is 0. The normalized spacial score (nSPS) is 11.7. The van der Waals surface area contributed by atoms with Crippen molar-refractivity contribution < 1.29 is 14.6 Å². The molecule has 0 fully saturated rings. The Morgan fingerprint density at radius 2 is 1.67 bits per heavy atom. The molecule has 0 heterocycles. The minimum absolute atomic E-state index is 0.0464. The standard InChI is InChI=1S/C12H24O3/c1-14-12(15-2)10-8-6-4-3-5-7-9-11-13/h5,7,12-13H,3-4,6,8-11H2,1-2H3/b7-5+. The fourth-order valence-electron chi connectivity index (χ4n) is 1.39. The van der Waals surface area contributed by atoms with Crippen LogP contribution in [0.1, 0.15) is 38.5 Å². The number of aliphatic hydroxyl groups excluding tert-OH is 1. The van der Waals surface area contributed by atoms with Gasteiger partial charge in [-0.3, -0.25) is 0 Å². The fourth-order valence-corrected chi connectivity index (χ4v) is 1.39. The summed E-state index contributed by atoms with van der Waals surface area (Å²) in [4.78, 5) is 0. The zero-order valence-electron chi connectivity index (χ0n) is 9.95. The molecule has 0 saturated carbocycles. The van der Waals surface area contributed by atoms with Crippen LogP contribution in [0.5, 0.6) is 0 Å². The number of aliphatic hydroxyl groups is 1. The van der Waals surface area contributed by atoms with Gasteiger partial charge in [0.25, 0.3) is 0 Å². The number of ether oxygens (including phenoxy) is 2. The second-order valence-corrected chi connectivity index (χ2v) is 3.52. The van der Waals surface area contributed by atoms with Crippen LogP contribution < -0.4 is 0 Å². The Balaban J connectivity index is 3.17. The summed E-state index contributed by atoms with van der Waals surface area (Å²) < 4.78 is 10.2. The van der Waals surface area contributed by atoms with Crippen molar-refractivity contribution in [3.05, 3.63) is 12.2 Å². The molecule has 0 aromatic rings. The van der Waals surface area contributed by atoms with Crippen molar-refractivity contribution in [3.63, 3.8) is 0 Å². The molecule has 0 aliphatic rings. The van der Waals surface area contributed by atoms with Crippen LogP contribution >= 0.6 is 0 Å². The highest BCUT2D eigenvalue weighted by atomic mass is 16.7. The largest absolute Gasteiger partial charge is 0.396 e. The molecule has 0 radical (unpaired) electrons. The molecule has 0 spiro atoms. The molecule has 15 heavy (non-hydrogen) atoms. The third kappa shape index (κ3) is 9.91. The SMILES string of the molecule is COC(CCCCC/C=C/CCO)OC. The Morgan fingerprint density at radius 1 is 1.00 bits per heavy atom. The van der Waals surface area contributed by atoms with Crippen LogP contribution in [0.3, 0.4) is 0 Å². The highest BCUT2D eigenvalue weighted by Crippen LogP contribution is 2.08. The summed E-state index contributed by atoms with van der Waals surface area (Å²) in [5.41, 5.74) is 0. The van der Waals surface area contributed by atoms with Gasteiger partial charge in [0.1, 0.15) is 0 Å². The van der Waals surface area contributed by atoms with Gasteiger partial charge in [0, 0.05) is 20.8 Å². The summed E-state index contributed by atoms with van der Waals surface area (Å²) >= 11 is 0. The van der Waals surface area contributed by atoms with Crippen molar-refractivity contribution in [2.75, 3.05) is 20.8 Å². The predicted molar refractivity (Wildman–Crippen MR) is 61.7 cm³/mol. The predicted octanol–water partition coefficient (Wildman–Crippen LogP) is 2.49. The first-order valence-electron chi connectivity index (χ1n) is 5.66. The van der Waals surface area contributed by atoms with Crippen LogP contribution in [0.2, 0.25) is 0 Å². The molecule has 0 aromatic carbocycles. The van der Waals surface area contributed by atoms with Crippen LogP contribution in [0, 0.1) is 0 Å². The highest BCUT2D eigenvalue weighted by Gasteiger charge is 2.02. The summed E-state index contributed by atoms with van der Waals surface area (Å²) in [5, 5.41) is 8.54. The molecule has 0 atom stereocenters. The number of rotatable bonds is 10. The van der Waals surface area contributed by atoms with E-state index in [-0.39, 0.29) is 12.9 Å². The second kappa shape index (κ2) is 11.7. The average molecular weight is 216 g/mol. The average Bonchev–Trinajstić information content (AvgIpc) is 2.27. The number of methoxy groups -OCH3 is 2. The first-order valence-corrected chi connectivity index (χ1v) is 5.66. The quantitative estimate of drug-likeness (QED) is 0.346. The molecule has 0 saturated heterocycles. The maximum atomic E-state index is 8.54. The maximum absolute atomic E-state index is 8.54. The minimum atomic E-state index is -0.0464. The topological polar surface area (TPSA) is 38.7 Å². The summed E-state index contributed by atoms with van der Waals surface area (Å²) in [5.74, 6) is 0. The van der Waals surface area contributed by atoms with Crippen molar-refractivity contribution in [2.45, 2.75) is 44.8 Å². The number of hydrogen-bond donors (Lipinski definition) is 1. The summed E-state index contributed by atoms with van der Waals surface area (Å²) in [7, 11) is 3.34. The Labute approximate surface area is 93.1 Å². The molecule has 0 rings (SSSR count). The van der Waals surface area contributed by atoms with Gasteiger partial charge in [-0.2, -0.15) is 0 Å². The zero-order chi connectivity index (χ0) is 11.4. The fraction of sp³-hybridized carbons (Fsp3) is 0.833. The number of allylic oxidation sites excluding steroid dienone is 1. The lowest BCUT2D eigenvalue weighted by atomic mass is 10.1.